The Balaban J connectivity index is 2.05. The third-order valence-electron chi connectivity index (χ3n) is 4.90. The van der Waals surface area contributed by atoms with Crippen molar-refractivity contribution < 1.29 is 14.7 Å². The van der Waals surface area contributed by atoms with Crippen molar-refractivity contribution in [1.82, 2.24) is 4.90 Å². The number of allylic oxidation sites excluding steroid dienone is 4. The van der Waals surface area contributed by atoms with Crippen LogP contribution in [0.3, 0.4) is 0 Å². The van der Waals surface area contributed by atoms with Gasteiger partial charge in [0.1, 0.15) is 11.3 Å². The number of carbonyl (C=O) groups excluding carboxylic acids is 2. The van der Waals surface area contributed by atoms with Crippen molar-refractivity contribution in [3.63, 3.8) is 0 Å². The van der Waals surface area contributed by atoms with Crippen molar-refractivity contribution >= 4 is 11.7 Å². The van der Waals surface area contributed by atoms with Gasteiger partial charge in [-0.3, -0.25) is 9.59 Å². The second-order valence-electron chi connectivity index (χ2n) is 6.85. The van der Waals surface area contributed by atoms with Crippen LogP contribution in [0.15, 0.2) is 35.1 Å². The predicted molar refractivity (Wildman–Crippen MR) is 90.9 cm³/mol. The second-order valence-corrected chi connectivity index (χ2v) is 6.85. The number of nitrogens with zero attached hydrogens (tertiary/aromatic N) is 1. The molecular formula is C19H27NO3. The van der Waals surface area contributed by atoms with Crippen LogP contribution in [-0.4, -0.2) is 35.3 Å². The maximum atomic E-state index is 11.8. The van der Waals surface area contributed by atoms with Crippen molar-refractivity contribution in [3.05, 3.63) is 35.1 Å². The molecule has 1 atom stereocenters. The first-order chi connectivity index (χ1) is 10.9. The van der Waals surface area contributed by atoms with Crippen molar-refractivity contribution in [2.75, 3.05) is 13.6 Å². The minimum absolute atomic E-state index is 0.0413. The second kappa shape index (κ2) is 7.62. The molecular weight excluding hydrogens is 290 g/mol. The zero-order valence-corrected chi connectivity index (χ0v) is 14.3. The van der Waals surface area contributed by atoms with Crippen LogP contribution in [0, 0.1) is 11.8 Å². The Labute approximate surface area is 138 Å². The highest BCUT2D eigenvalue weighted by Gasteiger charge is 2.33. The first-order valence-corrected chi connectivity index (χ1v) is 8.48. The highest BCUT2D eigenvalue weighted by molar-refractivity contribution is 6.25. The molecule has 4 heteroatoms. The Morgan fingerprint density at radius 2 is 1.87 bits per heavy atom. The van der Waals surface area contributed by atoms with E-state index in [1.54, 1.807) is 13.1 Å². The summed E-state index contributed by atoms with van der Waals surface area (Å²) in [5, 5.41) is 10.0. The number of ketones is 1. The summed E-state index contributed by atoms with van der Waals surface area (Å²) in [5.41, 5.74) is 0.943. The molecule has 1 N–H and O–H groups in total. The number of aliphatic hydroxyl groups excluding tert-OH is 1. The maximum Gasteiger partial charge on any atom is 0.261 e. The number of hydrogen-bond acceptors (Lipinski definition) is 3. The van der Waals surface area contributed by atoms with Gasteiger partial charge in [0.25, 0.3) is 5.91 Å². The molecule has 0 aromatic carbocycles. The van der Waals surface area contributed by atoms with Gasteiger partial charge in [0.05, 0.1) is 6.54 Å². The van der Waals surface area contributed by atoms with Gasteiger partial charge in [0.15, 0.2) is 5.78 Å². The molecule has 2 rings (SSSR count). The molecule has 0 spiro atoms. The Bertz CT molecular complexity index is 565. The molecule has 126 valence electrons. The van der Waals surface area contributed by atoms with Crippen molar-refractivity contribution in [2.45, 2.75) is 46.0 Å². The topological polar surface area (TPSA) is 57.6 Å². The summed E-state index contributed by atoms with van der Waals surface area (Å²) in [5.74, 6) is 0.287. The molecule has 1 heterocycles. The lowest BCUT2D eigenvalue weighted by Gasteiger charge is -2.25. The van der Waals surface area contributed by atoms with E-state index in [-0.39, 0.29) is 23.7 Å². The van der Waals surface area contributed by atoms with E-state index in [2.05, 4.69) is 13.0 Å². The van der Waals surface area contributed by atoms with E-state index >= 15 is 0 Å². The largest absolute Gasteiger partial charge is 0.507 e. The quantitative estimate of drug-likeness (QED) is 0.373. The van der Waals surface area contributed by atoms with E-state index in [1.165, 1.54) is 43.1 Å². The number of aliphatic hydroxyl groups is 1. The van der Waals surface area contributed by atoms with Crippen LogP contribution in [0.25, 0.3) is 0 Å². The first-order valence-electron chi connectivity index (χ1n) is 8.48. The molecule has 1 unspecified atom stereocenters. The number of Topliss-reactive ketones (excluding diaryl/α,β-unsaturated/α-hetero) is 1. The van der Waals surface area contributed by atoms with Crippen molar-refractivity contribution in [3.8, 4) is 0 Å². The monoisotopic (exact) mass is 317 g/mol. The lowest BCUT2D eigenvalue weighted by Crippen LogP contribution is -2.19. The third-order valence-corrected chi connectivity index (χ3v) is 4.90. The Morgan fingerprint density at radius 3 is 2.43 bits per heavy atom. The summed E-state index contributed by atoms with van der Waals surface area (Å²) in [6.45, 7) is 4.27. The summed E-state index contributed by atoms with van der Waals surface area (Å²) in [6, 6.07) is 0. The van der Waals surface area contributed by atoms with Gasteiger partial charge < -0.3 is 10.0 Å². The maximum absolute atomic E-state index is 11.8. The fourth-order valence-electron chi connectivity index (χ4n) is 3.49. The molecule has 0 radical (unpaired) electrons. The number of likely N-dealkylation sites (N-methyl/N-ethyl adjacent to an activating group) is 1. The highest BCUT2D eigenvalue weighted by atomic mass is 16.3. The van der Waals surface area contributed by atoms with Crippen LogP contribution in [-0.2, 0) is 9.59 Å². The van der Waals surface area contributed by atoms with Gasteiger partial charge in [0.2, 0.25) is 0 Å². The average molecular weight is 317 g/mol. The van der Waals surface area contributed by atoms with Crippen LogP contribution in [0.4, 0.5) is 0 Å². The molecule has 0 aromatic heterocycles. The van der Waals surface area contributed by atoms with Crippen LogP contribution in [0.2, 0.25) is 0 Å². The highest BCUT2D eigenvalue weighted by Crippen LogP contribution is 2.31. The van der Waals surface area contributed by atoms with E-state index in [1.807, 2.05) is 6.92 Å². The number of amides is 1. The van der Waals surface area contributed by atoms with Gasteiger partial charge in [0, 0.05) is 7.05 Å². The van der Waals surface area contributed by atoms with E-state index in [0.29, 0.717) is 5.92 Å². The van der Waals surface area contributed by atoms with Gasteiger partial charge in [-0.25, -0.2) is 0 Å². The molecule has 1 saturated heterocycles. The Kier molecular flexibility index (Phi) is 5.80. The van der Waals surface area contributed by atoms with E-state index in [9.17, 15) is 14.7 Å². The minimum Gasteiger partial charge on any atom is -0.507 e. The lowest BCUT2D eigenvalue weighted by molar-refractivity contribution is -0.123. The average Bonchev–Trinajstić information content (AvgIpc) is 2.78. The standard InChI is InChI=1S/C19H27NO3/c1-13(11-14(2)15-7-5-4-6-8-15)9-10-16(21)18-17(22)12-20(3)19(18)23/h9-11,14-15,21H,4-8,12H2,1-3H3/b10-9+,13-11+,18-16-. The predicted octanol–water partition coefficient (Wildman–Crippen LogP) is 3.56. The van der Waals surface area contributed by atoms with Gasteiger partial charge in [-0.05, 0) is 37.7 Å². The molecule has 1 aliphatic heterocycles. The Morgan fingerprint density at radius 1 is 1.22 bits per heavy atom. The van der Waals surface area contributed by atoms with Gasteiger partial charge >= 0.3 is 0 Å². The smallest absolute Gasteiger partial charge is 0.261 e. The SMILES string of the molecule is CC(/C=C/C(O)=C1\C(=O)CN(C)C1=O)=C\C(C)C1CCCCC1. The summed E-state index contributed by atoms with van der Waals surface area (Å²) < 4.78 is 0. The molecule has 1 amide bonds. The molecule has 0 bridgehead atoms. The lowest BCUT2D eigenvalue weighted by atomic mass is 9.80. The molecule has 0 aromatic rings. The molecule has 1 saturated carbocycles. The molecule has 1 aliphatic carbocycles. The van der Waals surface area contributed by atoms with Crippen molar-refractivity contribution in [2.24, 2.45) is 11.8 Å². The van der Waals surface area contributed by atoms with Crippen LogP contribution in [0.1, 0.15) is 46.0 Å². The van der Waals surface area contributed by atoms with Crippen molar-refractivity contribution in [1.29, 1.82) is 0 Å². The molecule has 23 heavy (non-hydrogen) atoms. The third kappa shape index (κ3) is 4.34. The summed E-state index contributed by atoms with van der Waals surface area (Å²) in [7, 11) is 1.56. The summed E-state index contributed by atoms with van der Waals surface area (Å²) in [6.07, 6.45) is 12.0. The Hall–Kier alpha value is -1.84. The van der Waals surface area contributed by atoms with Crippen LogP contribution >= 0.6 is 0 Å². The summed E-state index contributed by atoms with van der Waals surface area (Å²) in [4.78, 5) is 24.9. The normalized spacial score (nSPS) is 24.7. The zero-order chi connectivity index (χ0) is 17.0. The van der Waals surface area contributed by atoms with Gasteiger partial charge in [-0.2, -0.15) is 0 Å². The van der Waals surface area contributed by atoms with Gasteiger partial charge in [-0.15, -0.1) is 0 Å². The number of hydrogen-bond donors (Lipinski definition) is 1. The fourth-order valence-corrected chi connectivity index (χ4v) is 3.49. The van der Waals surface area contributed by atoms with Crippen LogP contribution < -0.4 is 0 Å². The molecule has 2 fully saturated rings. The van der Waals surface area contributed by atoms with E-state index in [4.69, 9.17) is 0 Å². The zero-order valence-electron chi connectivity index (χ0n) is 14.3. The number of carbonyl (C=O) groups is 2. The van der Waals surface area contributed by atoms with E-state index < -0.39 is 5.91 Å². The van der Waals surface area contributed by atoms with Gasteiger partial charge in [-0.1, -0.05) is 43.9 Å². The van der Waals surface area contributed by atoms with E-state index in [0.717, 1.165) is 11.5 Å². The molecule has 4 nitrogen and oxygen atoms in total. The first kappa shape index (κ1) is 17.5. The minimum atomic E-state index is -0.408. The fraction of sp³-hybridized carbons (Fsp3) is 0.579. The van der Waals surface area contributed by atoms with Crippen LogP contribution in [0.5, 0.6) is 0 Å². The number of likely N-dealkylation sites (tertiary alicyclic amines) is 1. The summed E-state index contributed by atoms with van der Waals surface area (Å²) >= 11 is 0. The number of rotatable bonds is 4. The molecule has 2 aliphatic rings.